The van der Waals surface area contributed by atoms with E-state index in [4.69, 9.17) is 9.84 Å². The SMILES string of the molecule is Cc1nn(C)c(N2CCOCC2)c1CN1CCc2nc(C)n(C)c(=O)c2CC1. The monoisotopic (exact) mass is 386 g/mol. The van der Waals surface area contributed by atoms with Crippen LogP contribution in [0.5, 0.6) is 0 Å². The first-order valence-corrected chi connectivity index (χ1v) is 10.1. The number of morpholine rings is 1. The van der Waals surface area contributed by atoms with Crippen LogP contribution < -0.4 is 10.5 Å². The van der Waals surface area contributed by atoms with Crippen LogP contribution in [0, 0.1) is 13.8 Å². The summed E-state index contributed by atoms with van der Waals surface area (Å²) in [5, 5.41) is 4.69. The molecular formula is C20H30N6O2. The molecule has 0 saturated carbocycles. The van der Waals surface area contributed by atoms with E-state index in [9.17, 15) is 4.79 Å². The molecule has 0 radical (unpaired) electrons. The maximum Gasteiger partial charge on any atom is 0.256 e. The molecule has 2 aromatic heterocycles. The van der Waals surface area contributed by atoms with Gasteiger partial charge in [0, 0.05) is 64.4 Å². The van der Waals surface area contributed by atoms with Crippen molar-refractivity contribution in [3.05, 3.63) is 38.7 Å². The molecule has 152 valence electrons. The molecule has 1 saturated heterocycles. The normalized spacial score (nSPS) is 18.2. The Morgan fingerprint density at radius 2 is 1.75 bits per heavy atom. The molecule has 4 heterocycles. The summed E-state index contributed by atoms with van der Waals surface area (Å²) in [6.07, 6.45) is 1.57. The number of rotatable bonds is 3. The second-order valence-corrected chi connectivity index (χ2v) is 7.84. The van der Waals surface area contributed by atoms with E-state index in [1.807, 2.05) is 18.7 Å². The molecule has 2 aromatic rings. The van der Waals surface area contributed by atoms with Crippen molar-refractivity contribution in [1.29, 1.82) is 0 Å². The van der Waals surface area contributed by atoms with Gasteiger partial charge in [0.2, 0.25) is 0 Å². The van der Waals surface area contributed by atoms with Gasteiger partial charge in [-0.05, 0) is 20.3 Å². The van der Waals surface area contributed by atoms with Crippen molar-refractivity contribution >= 4 is 5.82 Å². The third kappa shape index (κ3) is 3.46. The lowest BCUT2D eigenvalue weighted by Gasteiger charge is -2.30. The summed E-state index contributed by atoms with van der Waals surface area (Å²) < 4.78 is 9.19. The highest BCUT2D eigenvalue weighted by Crippen LogP contribution is 2.26. The second kappa shape index (κ2) is 7.67. The topological polar surface area (TPSA) is 68.4 Å². The highest BCUT2D eigenvalue weighted by molar-refractivity contribution is 5.50. The Hall–Kier alpha value is -2.19. The second-order valence-electron chi connectivity index (χ2n) is 7.84. The van der Waals surface area contributed by atoms with E-state index in [0.29, 0.717) is 0 Å². The standard InChI is InChI=1S/C20H30N6O2/c1-14-17(19(24(4)22-14)26-9-11-28-12-10-26)13-25-7-5-16-18(6-8-25)21-15(2)23(3)20(16)27/h5-13H2,1-4H3. The highest BCUT2D eigenvalue weighted by atomic mass is 16.5. The number of fused-ring (bicyclic) bond motifs is 1. The van der Waals surface area contributed by atoms with E-state index < -0.39 is 0 Å². The molecular weight excluding hydrogens is 356 g/mol. The van der Waals surface area contributed by atoms with Crippen molar-refractivity contribution in [3.8, 4) is 0 Å². The zero-order valence-electron chi connectivity index (χ0n) is 17.4. The van der Waals surface area contributed by atoms with Crippen LogP contribution in [0.4, 0.5) is 5.82 Å². The molecule has 4 rings (SSSR count). The molecule has 2 aliphatic heterocycles. The molecule has 0 spiro atoms. The maximum absolute atomic E-state index is 12.6. The quantitative estimate of drug-likeness (QED) is 0.768. The summed E-state index contributed by atoms with van der Waals surface area (Å²) in [7, 11) is 3.83. The van der Waals surface area contributed by atoms with Crippen LogP contribution in [0.2, 0.25) is 0 Å². The van der Waals surface area contributed by atoms with Crippen LogP contribution >= 0.6 is 0 Å². The highest BCUT2D eigenvalue weighted by Gasteiger charge is 2.25. The van der Waals surface area contributed by atoms with E-state index in [2.05, 4.69) is 21.7 Å². The van der Waals surface area contributed by atoms with Gasteiger partial charge in [0.05, 0.1) is 24.6 Å². The van der Waals surface area contributed by atoms with Crippen molar-refractivity contribution in [2.45, 2.75) is 33.2 Å². The molecule has 0 unspecified atom stereocenters. The Labute approximate surface area is 165 Å². The summed E-state index contributed by atoms with van der Waals surface area (Å²) in [5.74, 6) is 1.99. The van der Waals surface area contributed by atoms with Gasteiger partial charge in [-0.2, -0.15) is 5.10 Å². The van der Waals surface area contributed by atoms with Gasteiger partial charge in [-0.25, -0.2) is 4.98 Å². The van der Waals surface area contributed by atoms with Crippen LogP contribution in [-0.2, 0) is 38.2 Å². The fourth-order valence-electron chi connectivity index (χ4n) is 4.34. The van der Waals surface area contributed by atoms with Gasteiger partial charge in [-0.3, -0.25) is 18.9 Å². The van der Waals surface area contributed by atoms with Crippen LogP contribution in [0.15, 0.2) is 4.79 Å². The van der Waals surface area contributed by atoms with Crippen molar-refractivity contribution in [2.75, 3.05) is 44.3 Å². The van der Waals surface area contributed by atoms with E-state index >= 15 is 0 Å². The van der Waals surface area contributed by atoms with E-state index in [1.165, 1.54) is 11.4 Å². The number of aryl methyl sites for hydroxylation is 3. The lowest BCUT2D eigenvalue weighted by molar-refractivity contribution is 0.122. The lowest BCUT2D eigenvalue weighted by atomic mass is 10.1. The Morgan fingerprint density at radius 3 is 2.50 bits per heavy atom. The first kappa shape index (κ1) is 19.1. The molecule has 0 bridgehead atoms. The Bertz CT molecular complexity index is 926. The van der Waals surface area contributed by atoms with Crippen LogP contribution in [0.3, 0.4) is 0 Å². The Morgan fingerprint density at radius 1 is 1.04 bits per heavy atom. The van der Waals surface area contributed by atoms with Crippen molar-refractivity contribution < 1.29 is 4.74 Å². The Kier molecular flexibility index (Phi) is 5.25. The van der Waals surface area contributed by atoms with Crippen LogP contribution in [0.25, 0.3) is 0 Å². The Balaban J connectivity index is 1.56. The summed E-state index contributed by atoms with van der Waals surface area (Å²) in [6, 6.07) is 0. The number of hydrogen-bond acceptors (Lipinski definition) is 6. The van der Waals surface area contributed by atoms with Crippen molar-refractivity contribution in [2.24, 2.45) is 14.1 Å². The molecule has 0 atom stereocenters. The van der Waals surface area contributed by atoms with Crippen molar-refractivity contribution in [3.63, 3.8) is 0 Å². The zero-order valence-corrected chi connectivity index (χ0v) is 17.4. The predicted octanol–water partition coefficient (Wildman–Crippen LogP) is 0.568. The molecule has 1 fully saturated rings. The van der Waals surface area contributed by atoms with Gasteiger partial charge >= 0.3 is 0 Å². The van der Waals surface area contributed by atoms with Gasteiger partial charge in [-0.1, -0.05) is 0 Å². The number of ether oxygens (including phenoxy) is 1. The first-order chi connectivity index (χ1) is 13.5. The summed E-state index contributed by atoms with van der Waals surface area (Å²) >= 11 is 0. The van der Waals surface area contributed by atoms with Gasteiger partial charge < -0.3 is 9.64 Å². The van der Waals surface area contributed by atoms with Gasteiger partial charge in [-0.15, -0.1) is 0 Å². The molecule has 8 nitrogen and oxygen atoms in total. The largest absolute Gasteiger partial charge is 0.378 e. The molecule has 2 aliphatic rings. The summed E-state index contributed by atoms with van der Waals surface area (Å²) in [4.78, 5) is 22.1. The third-order valence-corrected chi connectivity index (χ3v) is 6.04. The van der Waals surface area contributed by atoms with Crippen LogP contribution in [0.1, 0.15) is 28.3 Å². The van der Waals surface area contributed by atoms with E-state index in [1.54, 1.807) is 11.6 Å². The minimum Gasteiger partial charge on any atom is -0.378 e. The van der Waals surface area contributed by atoms with Gasteiger partial charge in [0.15, 0.2) is 0 Å². The number of aromatic nitrogens is 4. The smallest absolute Gasteiger partial charge is 0.256 e. The molecule has 0 aliphatic carbocycles. The summed E-state index contributed by atoms with van der Waals surface area (Å²) in [6.45, 7) is 9.93. The number of anilines is 1. The maximum atomic E-state index is 12.6. The fourth-order valence-corrected chi connectivity index (χ4v) is 4.34. The number of nitrogens with zero attached hydrogens (tertiary/aromatic N) is 6. The molecule has 0 N–H and O–H groups in total. The molecule has 8 heteroatoms. The zero-order chi connectivity index (χ0) is 19.8. The fraction of sp³-hybridized carbons (Fsp3) is 0.650. The third-order valence-electron chi connectivity index (χ3n) is 6.04. The summed E-state index contributed by atoms with van der Waals surface area (Å²) in [5.41, 5.74) is 4.32. The van der Waals surface area contributed by atoms with Crippen LogP contribution in [-0.4, -0.2) is 63.6 Å². The number of hydrogen-bond donors (Lipinski definition) is 0. The molecule has 0 aromatic carbocycles. The predicted molar refractivity (Wildman–Crippen MR) is 108 cm³/mol. The minimum atomic E-state index is 0.107. The average Bonchev–Trinajstić information content (AvgIpc) is 2.83. The van der Waals surface area contributed by atoms with E-state index in [-0.39, 0.29) is 5.56 Å². The van der Waals surface area contributed by atoms with Gasteiger partial charge in [0.25, 0.3) is 5.56 Å². The minimum absolute atomic E-state index is 0.107. The van der Waals surface area contributed by atoms with Gasteiger partial charge in [0.1, 0.15) is 11.6 Å². The molecule has 0 amide bonds. The molecule has 28 heavy (non-hydrogen) atoms. The van der Waals surface area contributed by atoms with E-state index in [0.717, 1.165) is 81.6 Å². The first-order valence-electron chi connectivity index (χ1n) is 10.1. The van der Waals surface area contributed by atoms with Crippen molar-refractivity contribution in [1.82, 2.24) is 24.2 Å². The lowest BCUT2D eigenvalue weighted by Crippen LogP contribution is -2.38. The average molecular weight is 387 g/mol.